The van der Waals surface area contributed by atoms with Crippen LogP contribution in [0.3, 0.4) is 0 Å². The van der Waals surface area contributed by atoms with Gasteiger partial charge in [-0.05, 0) is 71.1 Å². The van der Waals surface area contributed by atoms with E-state index < -0.39 is 0 Å². The maximum atomic E-state index is 13.1. The summed E-state index contributed by atoms with van der Waals surface area (Å²) in [6, 6.07) is 1.84. The number of likely N-dealkylation sites (N-methyl/N-ethyl adjacent to an activating group) is 1. The van der Waals surface area contributed by atoms with Gasteiger partial charge in [-0.2, -0.15) is 0 Å². The Morgan fingerprint density at radius 2 is 1.94 bits per heavy atom. The van der Waals surface area contributed by atoms with Gasteiger partial charge in [0.25, 0.3) is 0 Å². The van der Waals surface area contributed by atoms with Crippen LogP contribution in [-0.4, -0.2) is 36.7 Å². The summed E-state index contributed by atoms with van der Waals surface area (Å²) < 4.78 is 5.69. The van der Waals surface area contributed by atoms with Crippen molar-refractivity contribution in [2.45, 2.75) is 97.1 Å². The number of cyclic esters (lactones) is 1. The Morgan fingerprint density at radius 1 is 1.24 bits per heavy atom. The summed E-state index contributed by atoms with van der Waals surface area (Å²) in [5, 5.41) is 1.24. The molecule has 2 aliphatic rings. The number of ether oxygens (including phenoxy) is 1. The molecule has 33 heavy (non-hydrogen) atoms. The van der Waals surface area contributed by atoms with Gasteiger partial charge in [0.15, 0.2) is 0 Å². The van der Waals surface area contributed by atoms with Crippen LogP contribution < -0.4 is 10.6 Å². The predicted molar refractivity (Wildman–Crippen MR) is 137 cm³/mol. The first kappa shape index (κ1) is 24.1. The standard InChI is InChI=1S/C28H43N3O2/c1-9-27(6)10-11-28(7,17(4)5)20-13-21-22-18(14-30-24(22)23(20)27)12-19(29)15-33-26(32)25(16(2)3)31(21)8/h13-14,16-17,19,25,30H,9-12,15,29H2,1-8H3. The van der Waals surface area contributed by atoms with Gasteiger partial charge in [0.2, 0.25) is 0 Å². The minimum Gasteiger partial charge on any atom is -0.462 e. The predicted octanol–water partition coefficient (Wildman–Crippen LogP) is 5.43. The van der Waals surface area contributed by atoms with Crippen molar-refractivity contribution in [1.29, 1.82) is 0 Å². The molecule has 5 nitrogen and oxygen atoms in total. The molecule has 5 heteroatoms. The summed E-state index contributed by atoms with van der Waals surface area (Å²) in [7, 11) is 2.06. The lowest BCUT2D eigenvalue weighted by Gasteiger charge is -2.48. The molecule has 0 spiro atoms. The second-order valence-electron chi connectivity index (χ2n) is 11.8. The molecule has 182 valence electrons. The summed E-state index contributed by atoms with van der Waals surface area (Å²) >= 11 is 0. The van der Waals surface area contributed by atoms with Crippen LogP contribution in [0.5, 0.6) is 0 Å². The number of H-pyrrole nitrogens is 1. The Balaban J connectivity index is 2.10. The molecule has 1 aromatic carbocycles. The van der Waals surface area contributed by atoms with Crippen molar-refractivity contribution in [2.75, 3.05) is 18.6 Å². The molecule has 4 atom stereocenters. The lowest BCUT2D eigenvalue weighted by molar-refractivity contribution is -0.146. The Labute approximate surface area is 199 Å². The van der Waals surface area contributed by atoms with Crippen LogP contribution in [0.1, 0.15) is 84.4 Å². The van der Waals surface area contributed by atoms with Crippen LogP contribution in [0.15, 0.2) is 12.3 Å². The van der Waals surface area contributed by atoms with Crippen LogP contribution >= 0.6 is 0 Å². The molecule has 4 rings (SSSR count). The quantitative estimate of drug-likeness (QED) is 0.608. The minimum atomic E-state index is -0.356. The number of carbonyl (C=O) groups is 1. The van der Waals surface area contributed by atoms with Crippen LogP contribution in [0.2, 0.25) is 0 Å². The Bertz CT molecular complexity index is 1060. The Hall–Kier alpha value is -2.01. The minimum absolute atomic E-state index is 0.0837. The number of nitrogens with one attached hydrogen (secondary N) is 1. The van der Waals surface area contributed by atoms with Gasteiger partial charge in [0, 0.05) is 30.4 Å². The van der Waals surface area contributed by atoms with Crippen LogP contribution in [-0.2, 0) is 26.8 Å². The smallest absolute Gasteiger partial charge is 0.329 e. The number of carbonyl (C=O) groups excluding carboxylic acids is 1. The van der Waals surface area contributed by atoms with Gasteiger partial charge in [-0.1, -0.05) is 48.5 Å². The van der Waals surface area contributed by atoms with Crippen molar-refractivity contribution in [3.8, 4) is 0 Å². The maximum Gasteiger partial charge on any atom is 0.329 e. The summed E-state index contributed by atoms with van der Waals surface area (Å²) in [6.07, 6.45) is 6.29. The Morgan fingerprint density at radius 3 is 2.55 bits per heavy atom. The number of hydrogen-bond acceptors (Lipinski definition) is 4. The lowest BCUT2D eigenvalue weighted by Crippen LogP contribution is -2.46. The third-order valence-corrected chi connectivity index (χ3v) is 9.08. The number of nitrogens with two attached hydrogens (primary N) is 1. The van der Waals surface area contributed by atoms with E-state index in [1.807, 2.05) is 0 Å². The number of esters is 1. The van der Waals surface area contributed by atoms with Crippen molar-refractivity contribution in [3.05, 3.63) is 29.0 Å². The van der Waals surface area contributed by atoms with Crippen molar-refractivity contribution in [3.63, 3.8) is 0 Å². The number of aromatic amines is 1. The highest BCUT2D eigenvalue weighted by molar-refractivity contribution is 6.00. The van der Waals surface area contributed by atoms with Gasteiger partial charge in [-0.15, -0.1) is 0 Å². The van der Waals surface area contributed by atoms with Gasteiger partial charge in [0.1, 0.15) is 12.6 Å². The summed E-state index contributed by atoms with van der Waals surface area (Å²) in [6.45, 7) is 16.3. The largest absolute Gasteiger partial charge is 0.462 e. The highest BCUT2D eigenvalue weighted by Gasteiger charge is 2.45. The van der Waals surface area contributed by atoms with E-state index >= 15 is 0 Å². The molecule has 1 aromatic heterocycles. The van der Waals surface area contributed by atoms with Crippen molar-refractivity contribution in [2.24, 2.45) is 17.6 Å². The normalized spacial score (nSPS) is 30.6. The highest BCUT2D eigenvalue weighted by Crippen LogP contribution is 2.54. The van der Waals surface area contributed by atoms with Gasteiger partial charge < -0.3 is 20.4 Å². The maximum absolute atomic E-state index is 13.1. The molecule has 2 heterocycles. The first-order chi connectivity index (χ1) is 15.4. The number of fused-ring (bicyclic) bond motifs is 2. The van der Waals surface area contributed by atoms with E-state index in [-0.39, 0.29) is 41.4 Å². The third-order valence-electron chi connectivity index (χ3n) is 9.08. The lowest BCUT2D eigenvalue weighted by atomic mass is 9.57. The van der Waals surface area contributed by atoms with Gasteiger partial charge in [0.05, 0.1) is 5.52 Å². The second kappa shape index (κ2) is 8.33. The first-order valence-electron chi connectivity index (χ1n) is 12.8. The molecule has 0 radical (unpaired) electrons. The van der Waals surface area contributed by atoms with Crippen molar-refractivity contribution >= 4 is 22.6 Å². The van der Waals surface area contributed by atoms with E-state index in [0.717, 1.165) is 12.1 Å². The second-order valence-corrected chi connectivity index (χ2v) is 11.8. The number of aromatic nitrogens is 1. The number of anilines is 1. The average molecular weight is 454 g/mol. The van der Waals surface area contributed by atoms with E-state index in [1.54, 1.807) is 0 Å². The zero-order chi connectivity index (χ0) is 24.3. The molecule has 1 aliphatic carbocycles. The van der Waals surface area contributed by atoms with E-state index in [2.05, 4.69) is 77.7 Å². The average Bonchev–Trinajstić information content (AvgIpc) is 3.16. The Kier molecular flexibility index (Phi) is 6.09. The van der Waals surface area contributed by atoms with Crippen molar-refractivity contribution in [1.82, 2.24) is 4.98 Å². The van der Waals surface area contributed by atoms with Crippen molar-refractivity contribution < 1.29 is 9.53 Å². The summed E-state index contributed by atoms with van der Waals surface area (Å²) in [5.74, 6) is 0.447. The number of rotatable bonds is 3. The van der Waals surface area contributed by atoms with E-state index in [9.17, 15) is 4.79 Å². The van der Waals surface area contributed by atoms with E-state index in [1.165, 1.54) is 40.4 Å². The summed E-state index contributed by atoms with van der Waals surface area (Å²) in [5.41, 5.74) is 13.1. The topological polar surface area (TPSA) is 71.4 Å². The molecule has 0 fully saturated rings. The molecule has 1 aliphatic heterocycles. The van der Waals surface area contributed by atoms with Gasteiger partial charge in [-0.25, -0.2) is 4.79 Å². The number of nitrogens with zero attached hydrogens (tertiary/aromatic N) is 1. The SMILES string of the molecule is CCC1(C)CCC(C)(C(C)C)c2cc3c4c(c[nH]c4c21)CC(N)COC(=O)C(C(C)C)N3C. The number of benzene rings is 1. The van der Waals surface area contributed by atoms with Crippen LogP contribution in [0.25, 0.3) is 10.9 Å². The highest BCUT2D eigenvalue weighted by atomic mass is 16.5. The fourth-order valence-electron chi connectivity index (χ4n) is 6.28. The van der Waals surface area contributed by atoms with Gasteiger partial charge >= 0.3 is 5.97 Å². The fraction of sp³-hybridized carbons (Fsp3) is 0.679. The molecule has 2 aromatic rings. The van der Waals surface area contributed by atoms with E-state index in [4.69, 9.17) is 10.5 Å². The molecular weight excluding hydrogens is 410 g/mol. The van der Waals surface area contributed by atoms with Gasteiger partial charge in [-0.3, -0.25) is 0 Å². The molecule has 0 saturated carbocycles. The van der Waals surface area contributed by atoms with E-state index in [0.29, 0.717) is 12.3 Å². The molecule has 3 N–H and O–H groups in total. The van der Waals surface area contributed by atoms with Crippen LogP contribution in [0.4, 0.5) is 5.69 Å². The molecule has 0 amide bonds. The summed E-state index contributed by atoms with van der Waals surface area (Å²) in [4.78, 5) is 19.0. The molecular formula is C28H43N3O2. The number of hydrogen-bond donors (Lipinski definition) is 2. The monoisotopic (exact) mass is 453 g/mol. The molecule has 4 unspecified atom stereocenters. The van der Waals surface area contributed by atoms with Crippen LogP contribution in [0, 0.1) is 11.8 Å². The first-order valence-corrected chi connectivity index (χ1v) is 12.8. The zero-order valence-electron chi connectivity index (χ0n) is 21.8. The fourth-order valence-corrected chi connectivity index (χ4v) is 6.28. The molecule has 0 saturated heterocycles. The third kappa shape index (κ3) is 3.67. The molecule has 0 bridgehead atoms. The zero-order valence-corrected chi connectivity index (χ0v) is 21.8.